The van der Waals surface area contributed by atoms with Gasteiger partial charge in [0.2, 0.25) is 34.5 Å². The van der Waals surface area contributed by atoms with Gasteiger partial charge in [-0.05, 0) is 37.2 Å². The first-order valence-electron chi connectivity index (χ1n) is 13.1. The van der Waals surface area contributed by atoms with E-state index >= 15 is 0 Å². The summed E-state index contributed by atoms with van der Waals surface area (Å²) >= 11 is 3.76. The van der Waals surface area contributed by atoms with Crippen LogP contribution in [0.2, 0.25) is 0 Å². The third kappa shape index (κ3) is 8.94. The van der Waals surface area contributed by atoms with Crippen LogP contribution < -0.4 is 10.6 Å². The molecule has 4 N–H and O–H groups in total. The molecule has 2 aliphatic rings. The molecule has 4 atom stereocenters. The highest BCUT2D eigenvalue weighted by atomic mass is 32.2. The minimum Gasteiger partial charge on any atom is -0.370 e. The van der Waals surface area contributed by atoms with Crippen molar-refractivity contribution in [2.45, 2.75) is 75.4 Å². The number of aliphatic hydroxyl groups is 2. The fraction of sp³-hybridized carbons (Fsp3) is 0.727. The third-order valence-corrected chi connectivity index (χ3v) is 9.50. The summed E-state index contributed by atoms with van der Waals surface area (Å²) in [5.41, 5.74) is 0. The number of amides is 2. The summed E-state index contributed by atoms with van der Waals surface area (Å²) in [4.78, 5) is 26.5. The number of nitrogens with one attached hydrogen (secondary N) is 2. The zero-order valence-electron chi connectivity index (χ0n) is 22.3. The first-order valence-corrected chi connectivity index (χ1v) is 15.9. The lowest BCUT2D eigenvalue weighted by molar-refractivity contribution is -0.251. The Kier molecular flexibility index (Phi) is 11.2. The molecule has 2 saturated heterocycles. The highest BCUT2D eigenvalue weighted by Gasteiger charge is 2.49. The van der Waals surface area contributed by atoms with E-state index in [1.54, 1.807) is 11.8 Å². The molecule has 2 aliphatic heterocycles. The molecule has 2 aromatic heterocycles. The van der Waals surface area contributed by atoms with Crippen molar-refractivity contribution >= 4 is 56.5 Å². The van der Waals surface area contributed by atoms with Gasteiger partial charge < -0.3 is 10.2 Å². The number of thioether (sulfide) groups is 1. The Morgan fingerprint density at radius 2 is 1.19 bits per heavy atom. The van der Waals surface area contributed by atoms with Crippen molar-refractivity contribution in [2.24, 2.45) is 0 Å². The van der Waals surface area contributed by atoms with Gasteiger partial charge in [0.25, 0.3) is 0 Å². The molecule has 2 aromatic rings. The molecule has 2 amide bonds. The fourth-order valence-corrected chi connectivity index (χ4v) is 7.33. The lowest BCUT2D eigenvalue weighted by atomic mass is 10.2. The summed E-state index contributed by atoms with van der Waals surface area (Å²) in [6, 6.07) is -2.26. The van der Waals surface area contributed by atoms with Crippen LogP contribution in [0.3, 0.4) is 0 Å². The van der Waals surface area contributed by atoms with Gasteiger partial charge in [0.05, 0.1) is 12.1 Å². The molecule has 0 aliphatic carbocycles. The van der Waals surface area contributed by atoms with E-state index in [1.807, 2.05) is 0 Å². The van der Waals surface area contributed by atoms with E-state index in [-0.39, 0.29) is 36.2 Å². The number of carbonyl (C=O) groups excluding carboxylic acids is 2. The first kappa shape index (κ1) is 33.7. The molecule has 0 bridgehead atoms. The number of carbonyl (C=O) groups is 2. The SMILES string of the molecule is O=C(Nc1nnc(CCSCCc2nnc(NC(=O)[C@@H]3CCCN3C(O)C(F)(F)F)s2)s1)[C@@H]1CCCN1C(O)C(F)(F)F. The number of aliphatic hydroxyl groups excluding tert-OH is 2. The number of aryl methyl sites for hydroxylation is 2. The Hall–Kier alpha value is -2.17. The van der Waals surface area contributed by atoms with E-state index in [1.165, 1.54) is 0 Å². The third-order valence-electron chi connectivity index (χ3n) is 6.72. The van der Waals surface area contributed by atoms with Gasteiger partial charge in [-0.25, -0.2) is 0 Å². The number of anilines is 2. The van der Waals surface area contributed by atoms with Crippen LogP contribution in [0.5, 0.6) is 0 Å². The summed E-state index contributed by atoms with van der Waals surface area (Å²) in [5, 5.41) is 41.3. The van der Waals surface area contributed by atoms with Crippen molar-refractivity contribution in [3.8, 4) is 0 Å². The van der Waals surface area contributed by atoms with Gasteiger partial charge in [-0.3, -0.25) is 30.0 Å². The summed E-state index contributed by atoms with van der Waals surface area (Å²) in [5.74, 6) is -0.105. The van der Waals surface area contributed by atoms with Crippen LogP contribution in [-0.4, -0.2) is 114 Å². The second kappa shape index (κ2) is 14.3. The van der Waals surface area contributed by atoms with Crippen molar-refractivity contribution in [3.63, 3.8) is 0 Å². The number of alkyl halides is 6. The zero-order chi connectivity index (χ0) is 31.4. The Morgan fingerprint density at radius 3 is 1.56 bits per heavy atom. The van der Waals surface area contributed by atoms with E-state index in [4.69, 9.17) is 0 Å². The van der Waals surface area contributed by atoms with Gasteiger partial charge in [-0.2, -0.15) is 38.1 Å². The van der Waals surface area contributed by atoms with Crippen LogP contribution in [0, 0.1) is 0 Å². The fourth-order valence-electron chi connectivity index (χ4n) is 4.71. The van der Waals surface area contributed by atoms with E-state index in [0.717, 1.165) is 32.5 Å². The summed E-state index contributed by atoms with van der Waals surface area (Å²) in [6.07, 6.45) is -13.1. The number of hydrogen-bond acceptors (Lipinski definition) is 13. The highest BCUT2D eigenvalue weighted by Crippen LogP contribution is 2.31. The quantitative estimate of drug-likeness (QED) is 0.193. The van der Waals surface area contributed by atoms with Crippen LogP contribution in [0.15, 0.2) is 0 Å². The molecular formula is C22H28F6N8O4S3. The number of rotatable bonds is 12. The average molecular weight is 679 g/mol. The van der Waals surface area contributed by atoms with E-state index in [0.29, 0.717) is 47.2 Å². The van der Waals surface area contributed by atoms with Crippen molar-refractivity contribution in [2.75, 3.05) is 35.2 Å². The van der Waals surface area contributed by atoms with E-state index in [2.05, 4.69) is 31.0 Å². The van der Waals surface area contributed by atoms with Crippen LogP contribution in [0.4, 0.5) is 36.6 Å². The summed E-state index contributed by atoms with van der Waals surface area (Å²) in [6.45, 7) is -0.111. The number of likely N-dealkylation sites (tertiary alicyclic amines) is 2. The van der Waals surface area contributed by atoms with Gasteiger partial charge in [0.1, 0.15) is 10.0 Å². The van der Waals surface area contributed by atoms with Crippen molar-refractivity contribution in [1.82, 2.24) is 30.2 Å². The molecule has 2 unspecified atom stereocenters. The number of hydrogen-bond donors (Lipinski definition) is 4. The molecule has 2 fully saturated rings. The maximum absolute atomic E-state index is 12.9. The molecule has 4 rings (SSSR count). The normalized spacial score (nSPS) is 21.7. The topological polar surface area (TPSA) is 157 Å². The molecule has 240 valence electrons. The molecule has 43 heavy (non-hydrogen) atoms. The average Bonchev–Trinajstić information content (AvgIpc) is 3.74. The monoisotopic (exact) mass is 678 g/mol. The van der Waals surface area contributed by atoms with Gasteiger partial charge in [0, 0.05) is 25.9 Å². The Balaban J connectivity index is 1.16. The lowest BCUT2D eigenvalue weighted by Gasteiger charge is -2.29. The Bertz CT molecular complexity index is 1160. The number of halogens is 6. The molecule has 0 aromatic carbocycles. The minimum absolute atomic E-state index is 0.0556. The zero-order valence-corrected chi connectivity index (χ0v) is 24.7. The predicted molar refractivity (Wildman–Crippen MR) is 145 cm³/mol. The smallest absolute Gasteiger partial charge is 0.370 e. The maximum Gasteiger partial charge on any atom is 0.428 e. The Labute approximate surface area is 253 Å². The number of nitrogens with zero attached hydrogens (tertiary/aromatic N) is 6. The van der Waals surface area contributed by atoms with Crippen molar-refractivity contribution < 1.29 is 46.1 Å². The summed E-state index contributed by atoms with van der Waals surface area (Å²) in [7, 11) is 0. The lowest BCUT2D eigenvalue weighted by Crippen LogP contribution is -2.51. The molecule has 0 saturated carbocycles. The van der Waals surface area contributed by atoms with Crippen molar-refractivity contribution in [1.29, 1.82) is 0 Å². The van der Waals surface area contributed by atoms with Crippen molar-refractivity contribution in [3.05, 3.63) is 10.0 Å². The highest BCUT2D eigenvalue weighted by molar-refractivity contribution is 7.99. The molecular weight excluding hydrogens is 650 g/mol. The molecule has 4 heterocycles. The van der Waals surface area contributed by atoms with Crippen LogP contribution >= 0.6 is 34.4 Å². The van der Waals surface area contributed by atoms with Gasteiger partial charge in [0.15, 0.2) is 0 Å². The predicted octanol–water partition coefficient (Wildman–Crippen LogP) is 2.48. The van der Waals surface area contributed by atoms with Crippen LogP contribution in [-0.2, 0) is 22.4 Å². The standard InChI is InChI=1S/C22H28F6N8O4S3/c23-21(24,25)17(39)35-7-1-3-11(35)15(37)29-19-33-31-13(42-19)5-9-41-10-6-14-32-34-20(43-14)30-16(38)12-4-2-8-36(12)18(40)22(26,27)28/h11-12,17-18,39-40H,1-10H2,(H,29,33,37)(H,30,34,38)/t11-,12-,17?,18?/m0/s1. The van der Waals surface area contributed by atoms with Crippen LogP contribution in [0.25, 0.3) is 0 Å². The van der Waals surface area contributed by atoms with Gasteiger partial charge >= 0.3 is 12.4 Å². The van der Waals surface area contributed by atoms with Gasteiger partial charge in [-0.1, -0.05) is 22.7 Å². The van der Waals surface area contributed by atoms with Gasteiger partial charge in [-0.15, -0.1) is 20.4 Å². The largest absolute Gasteiger partial charge is 0.428 e. The second-order valence-electron chi connectivity index (χ2n) is 9.72. The summed E-state index contributed by atoms with van der Waals surface area (Å²) < 4.78 is 77.4. The van der Waals surface area contributed by atoms with Crippen LogP contribution in [0.1, 0.15) is 35.7 Å². The molecule has 0 spiro atoms. The second-order valence-corrected chi connectivity index (χ2v) is 13.1. The van der Waals surface area contributed by atoms with E-state index < -0.39 is 48.7 Å². The maximum atomic E-state index is 12.9. The first-order chi connectivity index (χ1) is 20.2. The van der Waals surface area contributed by atoms with E-state index in [9.17, 15) is 46.1 Å². The Morgan fingerprint density at radius 1 is 0.791 bits per heavy atom. The number of aromatic nitrogens is 4. The minimum atomic E-state index is -4.87. The molecule has 12 nitrogen and oxygen atoms in total. The molecule has 21 heteroatoms. The molecule has 0 radical (unpaired) electrons.